The van der Waals surface area contributed by atoms with E-state index < -0.39 is 11.9 Å². The Morgan fingerprint density at radius 2 is 1.00 bits per heavy atom. The van der Waals surface area contributed by atoms with Gasteiger partial charge in [0.1, 0.15) is 19.6 Å². The molecule has 264 valence electrons. The first-order chi connectivity index (χ1) is 22.1. The van der Waals surface area contributed by atoms with Crippen molar-refractivity contribution in [2.75, 3.05) is 13.2 Å². The van der Waals surface area contributed by atoms with E-state index in [0.29, 0.717) is 22.7 Å². The van der Waals surface area contributed by atoms with Gasteiger partial charge in [0.05, 0.1) is 0 Å². The van der Waals surface area contributed by atoms with Gasteiger partial charge in [-0.15, -0.1) is 0 Å². The van der Waals surface area contributed by atoms with Gasteiger partial charge in [-0.3, -0.25) is 9.59 Å². The fraction of sp³-hybridized carbons (Fsp3) is 0.674. The van der Waals surface area contributed by atoms with Crippen molar-refractivity contribution in [3.05, 3.63) is 70.9 Å². The lowest BCUT2D eigenvalue weighted by molar-refractivity contribution is -0.153. The summed E-state index contributed by atoms with van der Waals surface area (Å²) in [4.78, 5) is 24.2. The van der Waals surface area contributed by atoms with E-state index in [1.807, 2.05) is 12.2 Å². The van der Waals surface area contributed by atoms with E-state index in [1.165, 1.54) is 84.8 Å². The highest BCUT2D eigenvalue weighted by atomic mass is 16.6. The zero-order valence-electron chi connectivity index (χ0n) is 31.5. The average molecular weight is 649 g/mol. The Morgan fingerprint density at radius 1 is 0.638 bits per heavy atom. The first-order valence-electron chi connectivity index (χ1n) is 18.4. The molecular weight excluding hydrogens is 580 g/mol. The number of hydrogen-bond donors (Lipinski definition) is 0. The van der Waals surface area contributed by atoms with Crippen LogP contribution in [0.4, 0.5) is 0 Å². The highest BCUT2D eigenvalue weighted by Crippen LogP contribution is 2.46. The van der Waals surface area contributed by atoms with E-state index in [2.05, 4.69) is 80.7 Å². The molecule has 0 N–H and O–H groups in total. The number of esters is 2. The summed E-state index contributed by atoms with van der Waals surface area (Å²) in [5.74, 6) is 0.130. The van der Waals surface area contributed by atoms with Crippen molar-refractivity contribution >= 4 is 11.9 Å². The Hall–Kier alpha value is -2.62. The second-order valence-corrected chi connectivity index (χ2v) is 16.0. The SMILES string of the molecule is C=C1CCCC(C)(C)C1CCC(C)=CCCC(C)=CCOC(=O)CC(=O)OCC=C(C)CCC=C(C)CCC1C(=C)CCCC1(C)C. The van der Waals surface area contributed by atoms with Crippen molar-refractivity contribution in [2.24, 2.45) is 22.7 Å². The summed E-state index contributed by atoms with van der Waals surface area (Å²) in [6.45, 7) is 27.2. The number of rotatable bonds is 18. The van der Waals surface area contributed by atoms with Crippen LogP contribution in [0.25, 0.3) is 0 Å². The lowest BCUT2D eigenvalue weighted by Gasteiger charge is -2.40. The van der Waals surface area contributed by atoms with Crippen molar-refractivity contribution < 1.29 is 19.1 Å². The molecule has 2 aliphatic carbocycles. The molecule has 2 rings (SSSR count). The molecule has 0 aliphatic heterocycles. The minimum absolute atomic E-state index is 0.179. The molecule has 0 spiro atoms. The zero-order chi connectivity index (χ0) is 35.0. The van der Waals surface area contributed by atoms with Crippen LogP contribution in [0.1, 0.15) is 152 Å². The van der Waals surface area contributed by atoms with Gasteiger partial charge in [0.15, 0.2) is 0 Å². The van der Waals surface area contributed by atoms with E-state index in [4.69, 9.17) is 9.47 Å². The van der Waals surface area contributed by atoms with Gasteiger partial charge in [-0.05, 0) is 152 Å². The largest absolute Gasteiger partial charge is 0.461 e. The van der Waals surface area contributed by atoms with Crippen LogP contribution in [0, 0.1) is 22.7 Å². The van der Waals surface area contributed by atoms with Crippen LogP contribution in [-0.2, 0) is 19.1 Å². The molecule has 0 amide bonds. The molecule has 2 saturated carbocycles. The first kappa shape index (κ1) is 40.6. The average Bonchev–Trinajstić information content (AvgIpc) is 2.96. The highest BCUT2D eigenvalue weighted by molar-refractivity contribution is 5.91. The molecule has 2 atom stereocenters. The molecule has 4 heteroatoms. The van der Waals surface area contributed by atoms with Crippen molar-refractivity contribution in [1.82, 2.24) is 0 Å². The Labute approximate surface area is 288 Å². The smallest absolute Gasteiger partial charge is 0.317 e. The van der Waals surface area contributed by atoms with Crippen LogP contribution in [0.5, 0.6) is 0 Å². The predicted molar refractivity (Wildman–Crippen MR) is 199 cm³/mol. The Kier molecular flexibility index (Phi) is 17.3. The van der Waals surface area contributed by atoms with E-state index in [0.717, 1.165) is 38.5 Å². The minimum Gasteiger partial charge on any atom is -0.461 e. The molecule has 47 heavy (non-hydrogen) atoms. The summed E-state index contributed by atoms with van der Waals surface area (Å²) in [5, 5.41) is 0. The van der Waals surface area contributed by atoms with Crippen molar-refractivity contribution in [2.45, 2.75) is 152 Å². The summed E-state index contributed by atoms with van der Waals surface area (Å²) in [6, 6.07) is 0. The molecule has 0 aromatic carbocycles. The standard InChI is InChI=1S/C43H68O4/c1-32(21-23-38-36(5)19-13-27-42(38,7)8)15-11-17-34(3)25-29-46-40(44)31-41(45)47-30-26-35(4)18-12-16-33(2)22-24-39-37(6)20-14-28-43(39,9)10/h15-16,25-26,38-39H,5-6,11-14,17-24,27-31H2,1-4,7-10H3. The molecule has 0 saturated heterocycles. The van der Waals surface area contributed by atoms with Gasteiger partial charge >= 0.3 is 11.9 Å². The fourth-order valence-corrected chi connectivity index (χ4v) is 7.55. The second-order valence-electron chi connectivity index (χ2n) is 16.0. The van der Waals surface area contributed by atoms with Crippen LogP contribution in [0.3, 0.4) is 0 Å². The first-order valence-corrected chi connectivity index (χ1v) is 18.4. The van der Waals surface area contributed by atoms with E-state index in [9.17, 15) is 9.59 Å². The molecular formula is C43H68O4. The van der Waals surface area contributed by atoms with Crippen LogP contribution in [0.2, 0.25) is 0 Å². The van der Waals surface area contributed by atoms with Crippen molar-refractivity contribution in [3.8, 4) is 0 Å². The maximum atomic E-state index is 12.1. The number of carbonyl (C=O) groups is 2. The molecule has 0 radical (unpaired) electrons. The van der Waals surface area contributed by atoms with Crippen LogP contribution in [-0.4, -0.2) is 25.2 Å². The van der Waals surface area contributed by atoms with Gasteiger partial charge in [-0.25, -0.2) is 0 Å². The predicted octanol–water partition coefficient (Wildman–Crippen LogP) is 12.1. The Bertz CT molecular complexity index is 1100. The van der Waals surface area contributed by atoms with E-state index in [-0.39, 0.29) is 19.6 Å². The van der Waals surface area contributed by atoms with E-state index >= 15 is 0 Å². The van der Waals surface area contributed by atoms with Crippen molar-refractivity contribution in [1.29, 1.82) is 0 Å². The van der Waals surface area contributed by atoms with E-state index in [1.54, 1.807) is 0 Å². The summed E-state index contributed by atoms with van der Waals surface area (Å²) in [6.07, 6.45) is 24.1. The fourth-order valence-electron chi connectivity index (χ4n) is 7.55. The summed E-state index contributed by atoms with van der Waals surface area (Å²) in [5.41, 5.74) is 8.81. The van der Waals surface area contributed by atoms with Crippen LogP contribution >= 0.6 is 0 Å². The van der Waals surface area contributed by atoms with Gasteiger partial charge in [-0.1, -0.05) is 86.4 Å². The molecule has 0 aromatic heterocycles. The zero-order valence-corrected chi connectivity index (χ0v) is 31.5. The second kappa shape index (κ2) is 20.0. The number of carbonyl (C=O) groups excluding carboxylic acids is 2. The van der Waals surface area contributed by atoms with Gasteiger partial charge in [0, 0.05) is 0 Å². The highest BCUT2D eigenvalue weighted by Gasteiger charge is 2.34. The molecule has 2 unspecified atom stereocenters. The number of ether oxygens (including phenoxy) is 2. The molecule has 0 bridgehead atoms. The van der Waals surface area contributed by atoms with Gasteiger partial charge in [0.2, 0.25) is 0 Å². The molecule has 0 heterocycles. The summed E-state index contributed by atoms with van der Waals surface area (Å²) >= 11 is 0. The third-order valence-electron chi connectivity index (χ3n) is 10.9. The van der Waals surface area contributed by atoms with Gasteiger partial charge < -0.3 is 9.47 Å². The summed E-state index contributed by atoms with van der Waals surface area (Å²) in [7, 11) is 0. The minimum atomic E-state index is -0.552. The van der Waals surface area contributed by atoms with Gasteiger partial charge in [0.25, 0.3) is 0 Å². The third-order valence-corrected chi connectivity index (χ3v) is 10.9. The normalized spacial score (nSPS) is 22.3. The number of allylic oxidation sites excluding steroid dienone is 8. The summed E-state index contributed by atoms with van der Waals surface area (Å²) < 4.78 is 10.5. The Balaban J connectivity index is 1.58. The molecule has 0 aromatic rings. The lowest BCUT2D eigenvalue weighted by Crippen LogP contribution is -2.29. The van der Waals surface area contributed by atoms with Crippen LogP contribution in [0.15, 0.2) is 70.9 Å². The maximum Gasteiger partial charge on any atom is 0.317 e. The van der Waals surface area contributed by atoms with Crippen molar-refractivity contribution in [3.63, 3.8) is 0 Å². The number of hydrogen-bond acceptors (Lipinski definition) is 4. The lowest BCUT2D eigenvalue weighted by atomic mass is 9.65. The van der Waals surface area contributed by atoms with Crippen LogP contribution < -0.4 is 0 Å². The topological polar surface area (TPSA) is 52.6 Å². The third kappa shape index (κ3) is 15.4. The van der Waals surface area contributed by atoms with Gasteiger partial charge in [-0.2, -0.15) is 0 Å². The maximum absolute atomic E-state index is 12.1. The monoisotopic (exact) mass is 649 g/mol. The molecule has 2 aliphatic rings. The molecule has 4 nitrogen and oxygen atoms in total. The molecule has 2 fully saturated rings. The Morgan fingerprint density at radius 3 is 1.36 bits per heavy atom. The quantitative estimate of drug-likeness (QED) is 0.0843.